The lowest BCUT2D eigenvalue weighted by Crippen LogP contribution is -2.37. The fraction of sp³-hybridized carbons (Fsp3) is 1.00. The normalized spacial score (nSPS) is 57.2. The Morgan fingerprint density at radius 1 is 1.08 bits per heavy atom. The van der Waals surface area contributed by atoms with Crippen molar-refractivity contribution in [1.82, 2.24) is 4.90 Å². The summed E-state index contributed by atoms with van der Waals surface area (Å²) in [6.07, 6.45) is 4.58. The highest BCUT2D eigenvalue weighted by atomic mass is 15.2. The second kappa shape index (κ2) is 2.47. The van der Waals surface area contributed by atoms with E-state index in [4.69, 9.17) is 0 Å². The van der Waals surface area contributed by atoms with Crippen molar-refractivity contribution in [2.24, 2.45) is 23.7 Å². The summed E-state index contributed by atoms with van der Waals surface area (Å²) in [7, 11) is 0. The van der Waals surface area contributed by atoms with Crippen LogP contribution < -0.4 is 0 Å². The molecule has 2 aliphatic heterocycles. The van der Waals surface area contributed by atoms with Crippen molar-refractivity contribution in [1.29, 1.82) is 0 Å². The first-order valence-electron chi connectivity index (χ1n) is 5.55. The number of fused-ring (bicyclic) bond motifs is 4. The second-order valence-electron chi connectivity index (χ2n) is 5.31. The number of hydrogen-bond donors (Lipinski definition) is 0. The topological polar surface area (TPSA) is 3.24 Å². The van der Waals surface area contributed by atoms with Crippen molar-refractivity contribution in [3.05, 3.63) is 0 Å². The van der Waals surface area contributed by atoms with Gasteiger partial charge in [-0.15, -0.1) is 0 Å². The summed E-state index contributed by atoms with van der Waals surface area (Å²) < 4.78 is 0. The molecule has 0 N–H and O–H groups in total. The standard InChI is InChI=1S/C11H19N/c1-8-4-10-7-12-3-2-9(6-12)11(10)5-8/h8-11H,2-7H2,1H3. The molecule has 5 atom stereocenters. The Kier molecular flexibility index (Phi) is 1.52. The highest BCUT2D eigenvalue weighted by Crippen LogP contribution is 2.47. The molecule has 0 spiro atoms. The van der Waals surface area contributed by atoms with Crippen molar-refractivity contribution < 1.29 is 0 Å². The molecule has 2 bridgehead atoms. The summed E-state index contributed by atoms with van der Waals surface area (Å²) in [5.74, 6) is 4.33. The molecule has 1 nitrogen and oxygen atoms in total. The SMILES string of the molecule is CC1CC2CN3CCC(C3)C2C1. The molecule has 3 fully saturated rings. The molecule has 0 amide bonds. The van der Waals surface area contributed by atoms with E-state index in [1.807, 2.05) is 0 Å². The maximum Gasteiger partial charge on any atom is 0.00130 e. The zero-order valence-electron chi connectivity index (χ0n) is 8.00. The van der Waals surface area contributed by atoms with Gasteiger partial charge in [0.15, 0.2) is 0 Å². The van der Waals surface area contributed by atoms with Crippen molar-refractivity contribution in [3.63, 3.8) is 0 Å². The van der Waals surface area contributed by atoms with E-state index in [2.05, 4.69) is 11.8 Å². The van der Waals surface area contributed by atoms with Gasteiger partial charge in [0, 0.05) is 13.1 Å². The van der Waals surface area contributed by atoms with E-state index in [9.17, 15) is 0 Å². The molecule has 2 saturated heterocycles. The van der Waals surface area contributed by atoms with Gasteiger partial charge in [0.1, 0.15) is 0 Å². The average molecular weight is 165 g/mol. The van der Waals surface area contributed by atoms with Crippen LogP contribution in [0.25, 0.3) is 0 Å². The molecule has 12 heavy (non-hydrogen) atoms. The molecule has 3 rings (SSSR count). The number of hydrogen-bond acceptors (Lipinski definition) is 1. The van der Waals surface area contributed by atoms with Crippen LogP contribution in [0.15, 0.2) is 0 Å². The minimum absolute atomic E-state index is 1.03. The average Bonchev–Trinajstić information content (AvgIpc) is 2.57. The lowest BCUT2D eigenvalue weighted by molar-refractivity contribution is 0.150. The fourth-order valence-electron chi connectivity index (χ4n) is 3.94. The minimum Gasteiger partial charge on any atom is -0.303 e. The van der Waals surface area contributed by atoms with Crippen molar-refractivity contribution in [2.45, 2.75) is 26.2 Å². The minimum atomic E-state index is 1.03. The number of nitrogens with zero attached hydrogens (tertiary/aromatic N) is 1. The summed E-state index contributed by atoms with van der Waals surface area (Å²) in [5, 5.41) is 0. The van der Waals surface area contributed by atoms with Crippen LogP contribution in [0, 0.1) is 23.7 Å². The molecule has 0 aromatic heterocycles. The summed E-state index contributed by atoms with van der Waals surface area (Å²) in [6.45, 7) is 6.73. The van der Waals surface area contributed by atoms with Crippen molar-refractivity contribution in [2.75, 3.05) is 19.6 Å². The third-order valence-electron chi connectivity index (χ3n) is 4.39. The second-order valence-corrected chi connectivity index (χ2v) is 5.31. The molecule has 68 valence electrons. The van der Waals surface area contributed by atoms with Gasteiger partial charge in [-0.2, -0.15) is 0 Å². The molecule has 0 aromatic rings. The Balaban J connectivity index is 1.82. The lowest BCUT2D eigenvalue weighted by Gasteiger charge is -2.33. The summed E-state index contributed by atoms with van der Waals surface area (Å²) in [5.41, 5.74) is 0. The van der Waals surface area contributed by atoms with E-state index in [0.29, 0.717) is 0 Å². The molecule has 1 aliphatic carbocycles. The van der Waals surface area contributed by atoms with Gasteiger partial charge in [-0.05, 0) is 49.5 Å². The molecule has 3 aliphatic rings. The first kappa shape index (κ1) is 7.37. The van der Waals surface area contributed by atoms with Crippen LogP contribution in [0.1, 0.15) is 26.2 Å². The van der Waals surface area contributed by atoms with Crippen LogP contribution in [0.2, 0.25) is 0 Å². The van der Waals surface area contributed by atoms with Crippen molar-refractivity contribution in [3.8, 4) is 0 Å². The van der Waals surface area contributed by atoms with Gasteiger partial charge in [0.05, 0.1) is 0 Å². The zero-order valence-corrected chi connectivity index (χ0v) is 8.00. The van der Waals surface area contributed by atoms with Gasteiger partial charge in [0.25, 0.3) is 0 Å². The maximum absolute atomic E-state index is 2.70. The summed E-state index contributed by atoms with van der Waals surface area (Å²) in [4.78, 5) is 2.70. The third-order valence-corrected chi connectivity index (χ3v) is 4.39. The Morgan fingerprint density at radius 2 is 1.92 bits per heavy atom. The molecule has 5 unspecified atom stereocenters. The van der Waals surface area contributed by atoms with Crippen LogP contribution in [0.3, 0.4) is 0 Å². The highest BCUT2D eigenvalue weighted by Gasteiger charge is 2.44. The van der Waals surface area contributed by atoms with Gasteiger partial charge in [-0.3, -0.25) is 0 Å². The van der Waals surface area contributed by atoms with Gasteiger partial charge in [-0.1, -0.05) is 6.92 Å². The predicted molar refractivity (Wildman–Crippen MR) is 49.9 cm³/mol. The lowest BCUT2D eigenvalue weighted by atomic mass is 9.81. The highest BCUT2D eigenvalue weighted by molar-refractivity contribution is 4.96. The van der Waals surface area contributed by atoms with E-state index in [1.165, 1.54) is 32.5 Å². The van der Waals surface area contributed by atoms with E-state index in [1.54, 1.807) is 6.42 Å². The van der Waals surface area contributed by atoms with E-state index in [0.717, 1.165) is 23.7 Å². The van der Waals surface area contributed by atoms with E-state index >= 15 is 0 Å². The molecular weight excluding hydrogens is 146 g/mol. The van der Waals surface area contributed by atoms with Crippen LogP contribution in [0.5, 0.6) is 0 Å². The number of piperidine rings is 1. The van der Waals surface area contributed by atoms with Crippen LogP contribution in [-0.2, 0) is 0 Å². The smallest absolute Gasteiger partial charge is 0.00130 e. The molecular formula is C11H19N. The Morgan fingerprint density at radius 3 is 2.83 bits per heavy atom. The van der Waals surface area contributed by atoms with Gasteiger partial charge >= 0.3 is 0 Å². The molecule has 1 saturated carbocycles. The largest absolute Gasteiger partial charge is 0.303 e. The van der Waals surface area contributed by atoms with Crippen molar-refractivity contribution >= 4 is 0 Å². The third kappa shape index (κ3) is 0.953. The molecule has 0 radical (unpaired) electrons. The maximum atomic E-state index is 2.70. The first-order valence-corrected chi connectivity index (χ1v) is 5.55. The van der Waals surface area contributed by atoms with Crippen LogP contribution in [-0.4, -0.2) is 24.5 Å². The quantitative estimate of drug-likeness (QED) is 0.530. The van der Waals surface area contributed by atoms with Gasteiger partial charge in [-0.25, -0.2) is 0 Å². The predicted octanol–water partition coefficient (Wildman–Crippen LogP) is 1.98. The van der Waals surface area contributed by atoms with Crippen LogP contribution >= 0.6 is 0 Å². The first-order chi connectivity index (χ1) is 5.83. The van der Waals surface area contributed by atoms with Gasteiger partial charge in [0.2, 0.25) is 0 Å². The van der Waals surface area contributed by atoms with Crippen LogP contribution in [0.4, 0.5) is 0 Å². The molecule has 2 heterocycles. The zero-order chi connectivity index (χ0) is 8.13. The fourth-order valence-corrected chi connectivity index (χ4v) is 3.94. The monoisotopic (exact) mass is 165 g/mol. The van der Waals surface area contributed by atoms with E-state index < -0.39 is 0 Å². The Hall–Kier alpha value is -0.0400. The Labute approximate surface area is 75.1 Å². The molecule has 1 heteroatoms. The molecule has 0 aromatic carbocycles. The van der Waals surface area contributed by atoms with Gasteiger partial charge < -0.3 is 4.90 Å². The van der Waals surface area contributed by atoms with E-state index in [-0.39, 0.29) is 0 Å². The number of rotatable bonds is 0. The summed E-state index contributed by atoms with van der Waals surface area (Å²) >= 11 is 0. The Bertz CT molecular complexity index is 189. The summed E-state index contributed by atoms with van der Waals surface area (Å²) in [6, 6.07) is 0.